The van der Waals surface area contributed by atoms with E-state index in [1.807, 2.05) is 42.5 Å². The summed E-state index contributed by atoms with van der Waals surface area (Å²) >= 11 is 6.66. The average molecular weight is 352 g/mol. The van der Waals surface area contributed by atoms with Crippen molar-refractivity contribution < 1.29 is 9.21 Å². The number of thioether (sulfide) groups is 1. The number of rotatable bonds is 3. The van der Waals surface area contributed by atoms with Crippen LogP contribution in [0.15, 0.2) is 64.2 Å². The van der Waals surface area contributed by atoms with Gasteiger partial charge in [0.05, 0.1) is 23.2 Å². The highest BCUT2D eigenvalue weighted by molar-refractivity contribution is 8.26. The second kappa shape index (κ2) is 6.22. The van der Waals surface area contributed by atoms with Crippen LogP contribution in [0, 0.1) is 0 Å². The Morgan fingerprint density at radius 1 is 1.21 bits per heavy atom. The van der Waals surface area contributed by atoms with Gasteiger partial charge in [-0.25, -0.2) is 0 Å². The van der Waals surface area contributed by atoms with Gasteiger partial charge < -0.3 is 4.42 Å². The van der Waals surface area contributed by atoms with E-state index >= 15 is 0 Å². The summed E-state index contributed by atoms with van der Waals surface area (Å²) in [5, 5.41) is 1.04. The Kier molecular flexibility index (Phi) is 3.92. The minimum absolute atomic E-state index is 0.102. The lowest BCUT2D eigenvalue weighted by molar-refractivity contribution is -0.122. The van der Waals surface area contributed by atoms with Crippen LogP contribution >= 0.6 is 24.0 Å². The molecule has 1 saturated heterocycles. The van der Waals surface area contributed by atoms with Gasteiger partial charge in [0.2, 0.25) is 0 Å². The van der Waals surface area contributed by atoms with Crippen LogP contribution in [0.1, 0.15) is 11.3 Å². The molecule has 0 atom stereocenters. The molecular formula is C18H12N2O2S2. The van der Waals surface area contributed by atoms with Gasteiger partial charge in [-0.3, -0.25) is 14.7 Å². The predicted molar refractivity (Wildman–Crippen MR) is 99.2 cm³/mol. The number of carbonyl (C=O) groups excluding carboxylic acids is 1. The lowest BCUT2D eigenvalue weighted by atomic mass is 10.1. The number of nitrogens with zero attached hydrogens (tertiary/aromatic N) is 2. The normalized spacial score (nSPS) is 16.5. The second-order valence-corrected chi connectivity index (χ2v) is 6.95. The number of amides is 1. The maximum absolute atomic E-state index is 12.7. The van der Waals surface area contributed by atoms with E-state index in [2.05, 4.69) is 4.98 Å². The average Bonchev–Trinajstić information content (AvgIpc) is 3.20. The summed E-state index contributed by atoms with van der Waals surface area (Å²) in [5.74, 6) is 0.605. The van der Waals surface area contributed by atoms with Crippen molar-refractivity contribution in [3.8, 4) is 0 Å². The third-order valence-electron chi connectivity index (χ3n) is 3.72. The monoisotopic (exact) mass is 352 g/mol. The van der Waals surface area contributed by atoms with E-state index in [-0.39, 0.29) is 5.91 Å². The third kappa shape index (κ3) is 2.74. The fourth-order valence-corrected chi connectivity index (χ4v) is 3.83. The molecule has 4 rings (SSSR count). The number of fused-ring (bicyclic) bond motifs is 1. The van der Waals surface area contributed by atoms with Crippen molar-refractivity contribution in [1.82, 2.24) is 9.88 Å². The van der Waals surface area contributed by atoms with E-state index in [4.69, 9.17) is 16.6 Å². The molecule has 1 amide bonds. The molecule has 0 radical (unpaired) electrons. The molecule has 0 spiro atoms. The first-order valence-corrected chi connectivity index (χ1v) is 8.56. The minimum Gasteiger partial charge on any atom is -0.467 e. The lowest BCUT2D eigenvalue weighted by Gasteiger charge is -2.12. The molecule has 3 aromatic rings. The van der Waals surface area contributed by atoms with Gasteiger partial charge in [0.25, 0.3) is 5.91 Å². The molecule has 118 valence electrons. The SMILES string of the molecule is O=C1/C(=C/c2cccc3cccnc23)SC(=S)N1Cc1ccco1. The van der Waals surface area contributed by atoms with Gasteiger partial charge in [-0.2, -0.15) is 0 Å². The smallest absolute Gasteiger partial charge is 0.266 e. The summed E-state index contributed by atoms with van der Waals surface area (Å²) in [7, 11) is 0. The number of pyridine rings is 1. The first kappa shape index (κ1) is 15.1. The number of hydrogen-bond acceptors (Lipinski definition) is 5. The number of benzene rings is 1. The van der Waals surface area contributed by atoms with Crippen LogP contribution in [-0.4, -0.2) is 20.1 Å². The second-order valence-electron chi connectivity index (χ2n) is 5.27. The summed E-state index contributed by atoms with van der Waals surface area (Å²) < 4.78 is 5.85. The van der Waals surface area contributed by atoms with Crippen molar-refractivity contribution in [1.29, 1.82) is 0 Å². The van der Waals surface area contributed by atoms with Gasteiger partial charge in [-0.1, -0.05) is 48.2 Å². The van der Waals surface area contributed by atoms with Gasteiger partial charge in [-0.15, -0.1) is 0 Å². The van der Waals surface area contributed by atoms with Crippen LogP contribution in [0.3, 0.4) is 0 Å². The van der Waals surface area contributed by atoms with E-state index in [1.165, 1.54) is 11.8 Å². The summed E-state index contributed by atoms with van der Waals surface area (Å²) in [6.07, 6.45) is 5.20. The zero-order valence-corrected chi connectivity index (χ0v) is 14.1. The van der Waals surface area contributed by atoms with Crippen molar-refractivity contribution in [2.24, 2.45) is 0 Å². The Labute approximate surface area is 148 Å². The minimum atomic E-state index is -0.102. The highest BCUT2D eigenvalue weighted by Crippen LogP contribution is 2.34. The van der Waals surface area contributed by atoms with Gasteiger partial charge >= 0.3 is 0 Å². The van der Waals surface area contributed by atoms with Crippen LogP contribution < -0.4 is 0 Å². The number of furan rings is 1. The molecule has 3 heterocycles. The highest BCUT2D eigenvalue weighted by Gasteiger charge is 2.32. The summed E-state index contributed by atoms with van der Waals surface area (Å²) in [5.41, 5.74) is 1.78. The van der Waals surface area contributed by atoms with Gasteiger partial charge in [-0.05, 0) is 24.3 Å². The van der Waals surface area contributed by atoms with E-state index in [9.17, 15) is 4.79 Å². The van der Waals surface area contributed by atoms with Crippen LogP contribution in [0.4, 0.5) is 0 Å². The number of para-hydroxylation sites is 1. The maximum atomic E-state index is 12.7. The molecule has 4 nitrogen and oxygen atoms in total. The van der Waals surface area contributed by atoms with E-state index in [0.29, 0.717) is 21.5 Å². The summed E-state index contributed by atoms with van der Waals surface area (Å²) in [4.78, 5) is 19.3. The lowest BCUT2D eigenvalue weighted by Crippen LogP contribution is -2.27. The highest BCUT2D eigenvalue weighted by atomic mass is 32.2. The predicted octanol–water partition coefficient (Wildman–Crippen LogP) is 4.23. The van der Waals surface area contributed by atoms with E-state index in [1.54, 1.807) is 23.4 Å². The molecule has 24 heavy (non-hydrogen) atoms. The first-order valence-electron chi connectivity index (χ1n) is 7.34. The third-order valence-corrected chi connectivity index (χ3v) is 5.10. The van der Waals surface area contributed by atoms with Crippen molar-refractivity contribution in [2.45, 2.75) is 6.54 Å². The van der Waals surface area contributed by atoms with Gasteiger partial charge in [0.15, 0.2) is 0 Å². The molecule has 6 heteroatoms. The Morgan fingerprint density at radius 2 is 2.08 bits per heavy atom. The summed E-state index contributed by atoms with van der Waals surface area (Å²) in [6, 6.07) is 13.4. The van der Waals surface area contributed by atoms with Crippen molar-refractivity contribution in [3.63, 3.8) is 0 Å². The fourth-order valence-electron chi connectivity index (χ4n) is 2.58. The zero-order valence-electron chi connectivity index (χ0n) is 12.5. The van der Waals surface area contributed by atoms with Gasteiger partial charge in [0, 0.05) is 17.1 Å². The van der Waals surface area contributed by atoms with Crippen LogP contribution in [0.5, 0.6) is 0 Å². The molecule has 1 aliphatic rings. The Balaban J connectivity index is 1.68. The molecule has 0 unspecified atom stereocenters. The largest absolute Gasteiger partial charge is 0.467 e. The first-order chi connectivity index (χ1) is 11.7. The number of carbonyl (C=O) groups is 1. The van der Waals surface area contributed by atoms with Crippen LogP contribution in [-0.2, 0) is 11.3 Å². The fraction of sp³-hybridized carbons (Fsp3) is 0.0556. The topological polar surface area (TPSA) is 46.3 Å². The molecule has 1 aromatic carbocycles. The molecule has 0 N–H and O–H groups in total. The Morgan fingerprint density at radius 3 is 2.92 bits per heavy atom. The van der Waals surface area contributed by atoms with E-state index in [0.717, 1.165) is 16.5 Å². The molecule has 0 bridgehead atoms. The summed E-state index contributed by atoms with van der Waals surface area (Å²) in [6.45, 7) is 0.350. The van der Waals surface area contributed by atoms with Crippen molar-refractivity contribution >= 4 is 51.2 Å². The van der Waals surface area contributed by atoms with E-state index < -0.39 is 0 Å². The van der Waals surface area contributed by atoms with Crippen molar-refractivity contribution in [2.75, 3.05) is 0 Å². The molecule has 0 aliphatic carbocycles. The quantitative estimate of drug-likeness (QED) is 0.521. The Bertz CT molecular complexity index is 959. The Hall–Kier alpha value is -2.44. The molecule has 2 aromatic heterocycles. The van der Waals surface area contributed by atoms with Crippen LogP contribution in [0.25, 0.3) is 17.0 Å². The van der Waals surface area contributed by atoms with Gasteiger partial charge in [0.1, 0.15) is 10.1 Å². The maximum Gasteiger partial charge on any atom is 0.266 e. The molecular weight excluding hydrogens is 340 g/mol. The number of thiocarbonyl (C=S) groups is 1. The van der Waals surface area contributed by atoms with Crippen LogP contribution in [0.2, 0.25) is 0 Å². The molecule has 0 saturated carbocycles. The number of aromatic nitrogens is 1. The standard InChI is InChI=1S/C18H12N2O2S2/c21-17-15(24-18(23)20(17)11-14-7-3-9-22-14)10-13-5-1-4-12-6-2-8-19-16(12)13/h1-10H,11H2/b15-10-. The van der Waals surface area contributed by atoms with Crippen molar-refractivity contribution in [3.05, 3.63) is 71.2 Å². The number of hydrogen-bond donors (Lipinski definition) is 0. The zero-order chi connectivity index (χ0) is 16.5. The molecule has 1 fully saturated rings. The molecule has 1 aliphatic heterocycles.